The number of aryl methyl sites for hydroxylation is 1. The van der Waals surface area contributed by atoms with E-state index in [9.17, 15) is 4.79 Å². The van der Waals surface area contributed by atoms with E-state index >= 15 is 0 Å². The molecule has 0 saturated carbocycles. The Labute approximate surface area is 117 Å². The quantitative estimate of drug-likeness (QED) is 0.887. The lowest BCUT2D eigenvalue weighted by molar-refractivity contribution is -0.120. The maximum Gasteiger partial charge on any atom is 0.226 e. The Morgan fingerprint density at radius 1 is 1.40 bits per heavy atom. The second-order valence-corrected chi connectivity index (χ2v) is 4.93. The van der Waals surface area contributed by atoms with E-state index < -0.39 is 0 Å². The summed E-state index contributed by atoms with van der Waals surface area (Å²) >= 11 is 0. The fraction of sp³-hybridized carbons (Fsp3) is 0.333. The number of nitrogens with one attached hydrogen (secondary N) is 2. The minimum absolute atomic E-state index is 0.0109. The van der Waals surface area contributed by atoms with Gasteiger partial charge in [0.05, 0.1) is 13.0 Å². The first-order chi connectivity index (χ1) is 9.81. The molecule has 0 fully saturated rings. The minimum atomic E-state index is -0.0109. The van der Waals surface area contributed by atoms with Crippen molar-refractivity contribution in [3.8, 4) is 5.75 Å². The van der Waals surface area contributed by atoms with Gasteiger partial charge in [0.25, 0.3) is 0 Å². The number of H-pyrrole nitrogens is 1. The van der Waals surface area contributed by atoms with Gasteiger partial charge in [0.1, 0.15) is 5.75 Å². The van der Waals surface area contributed by atoms with Crippen molar-refractivity contribution in [2.75, 3.05) is 6.61 Å². The Morgan fingerprint density at radius 2 is 2.35 bits per heavy atom. The van der Waals surface area contributed by atoms with E-state index in [1.165, 1.54) is 5.56 Å². The number of hydrogen-bond acceptors (Lipinski definition) is 3. The lowest BCUT2D eigenvalue weighted by atomic mass is 10.0. The lowest BCUT2D eigenvalue weighted by Crippen LogP contribution is -2.24. The van der Waals surface area contributed by atoms with Crippen LogP contribution in [-0.2, 0) is 24.2 Å². The van der Waals surface area contributed by atoms with Gasteiger partial charge in [0, 0.05) is 18.4 Å². The number of fused-ring (bicyclic) bond motifs is 1. The summed E-state index contributed by atoms with van der Waals surface area (Å²) in [6.07, 6.45) is 4.08. The molecule has 0 radical (unpaired) electrons. The van der Waals surface area contributed by atoms with E-state index in [1.54, 1.807) is 12.3 Å². The summed E-state index contributed by atoms with van der Waals surface area (Å²) in [5.41, 5.74) is 3.16. The van der Waals surface area contributed by atoms with Crippen LogP contribution >= 0.6 is 0 Å². The zero-order valence-electron chi connectivity index (χ0n) is 11.2. The van der Waals surface area contributed by atoms with Gasteiger partial charge < -0.3 is 10.1 Å². The highest BCUT2D eigenvalue weighted by Gasteiger charge is 2.11. The first-order valence-corrected chi connectivity index (χ1v) is 6.81. The molecule has 1 aliphatic heterocycles. The molecule has 0 saturated heterocycles. The zero-order chi connectivity index (χ0) is 13.8. The van der Waals surface area contributed by atoms with Crippen molar-refractivity contribution in [1.82, 2.24) is 15.5 Å². The Morgan fingerprint density at radius 3 is 3.20 bits per heavy atom. The van der Waals surface area contributed by atoms with Gasteiger partial charge in [-0.05, 0) is 36.1 Å². The molecule has 2 aromatic rings. The van der Waals surface area contributed by atoms with E-state index in [4.69, 9.17) is 4.74 Å². The van der Waals surface area contributed by atoms with Crippen LogP contribution in [0.2, 0.25) is 0 Å². The van der Waals surface area contributed by atoms with Crippen LogP contribution in [0.1, 0.15) is 23.2 Å². The number of aromatic nitrogens is 2. The topological polar surface area (TPSA) is 67.0 Å². The van der Waals surface area contributed by atoms with Gasteiger partial charge in [0.2, 0.25) is 5.91 Å². The Balaban J connectivity index is 1.56. The summed E-state index contributed by atoms with van der Waals surface area (Å²) in [7, 11) is 0. The molecule has 1 amide bonds. The Kier molecular flexibility index (Phi) is 3.67. The number of carbonyl (C=O) groups excluding carboxylic acids is 1. The average Bonchev–Trinajstić information content (AvgIpc) is 2.98. The normalized spacial score (nSPS) is 13.4. The molecule has 0 atom stereocenters. The predicted octanol–water partition coefficient (Wildman–Crippen LogP) is 1.59. The summed E-state index contributed by atoms with van der Waals surface area (Å²) in [4.78, 5) is 11.8. The summed E-state index contributed by atoms with van der Waals surface area (Å²) < 4.78 is 5.58. The molecule has 20 heavy (non-hydrogen) atoms. The number of ether oxygens (including phenoxy) is 1. The molecular weight excluding hydrogens is 254 g/mol. The molecule has 1 aromatic heterocycles. The summed E-state index contributed by atoms with van der Waals surface area (Å²) in [6, 6.07) is 7.91. The fourth-order valence-electron chi connectivity index (χ4n) is 2.34. The van der Waals surface area contributed by atoms with Crippen molar-refractivity contribution in [1.29, 1.82) is 0 Å². The predicted molar refractivity (Wildman–Crippen MR) is 74.4 cm³/mol. The molecule has 5 nitrogen and oxygen atoms in total. The molecule has 104 valence electrons. The van der Waals surface area contributed by atoms with Gasteiger partial charge in [-0.2, -0.15) is 5.10 Å². The van der Waals surface area contributed by atoms with E-state index in [1.807, 2.05) is 12.1 Å². The third-order valence-corrected chi connectivity index (χ3v) is 3.37. The molecule has 0 aliphatic carbocycles. The second-order valence-electron chi connectivity index (χ2n) is 4.93. The number of aromatic amines is 1. The first-order valence-electron chi connectivity index (χ1n) is 6.81. The van der Waals surface area contributed by atoms with Crippen LogP contribution in [0.3, 0.4) is 0 Å². The zero-order valence-corrected chi connectivity index (χ0v) is 11.2. The van der Waals surface area contributed by atoms with E-state index in [-0.39, 0.29) is 5.91 Å². The highest BCUT2D eigenvalue weighted by molar-refractivity contribution is 5.78. The number of nitrogens with zero attached hydrogens (tertiary/aromatic N) is 1. The van der Waals surface area contributed by atoms with Crippen molar-refractivity contribution >= 4 is 5.91 Å². The minimum Gasteiger partial charge on any atom is -0.493 e. The summed E-state index contributed by atoms with van der Waals surface area (Å²) in [5, 5.41) is 9.52. The number of benzene rings is 1. The van der Waals surface area contributed by atoms with Crippen LogP contribution in [0.15, 0.2) is 30.5 Å². The van der Waals surface area contributed by atoms with Gasteiger partial charge in [-0.1, -0.05) is 12.1 Å². The SMILES string of the molecule is O=C(Cc1ccn[nH]1)NCc1ccc2c(c1)CCCO2. The van der Waals surface area contributed by atoms with Gasteiger partial charge >= 0.3 is 0 Å². The third-order valence-electron chi connectivity index (χ3n) is 3.37. The monoisotopic (exact) mass is 271 g/mol. The maximum atomic E-state index is 11.8. The number of rotatable bonds is 4. The highest BCUT2D eigenvalue weighted by Crippen LogP contribution is 2.25. The van der Waals surface area contributed by atoms with Crippen LogP contribution in [0, 0.1) is 0 Å². The average molecular weight is 271 g/mol. The van der Waals surface area contributed by atoms with Crippen LogP contribution in [-0.4, -0.2) is 22.7 Å². The molecule has 2 heterocycles. The molecule has 5 heteroatoms. The maximum absolute atomic E-state index is 11.8. The Bertz CT molecular complexity index is 593. The molecule has 0 unspecified atom stereocenters. The van der Waals surface area contributed by atoms with Gasteiger partial charge in [-0.25, -0.2) is 0 Å². The van der Waals surface area contributed by atoms with Crippen LogP contribution < -0.4 is 10.1 Å². The van der Waals surface area contributed by atoms with Crippen molar-refractivity contribution < 1.29 is 9.53 Å². The van der Waals surface area contributed by atoms with Crippen molar-refractivity contribution in [3.05, 3.63) is 47.3 Å². The summed E-state index contributed by atoms with van der Waals surface area (Å²) in [6.45, 7) is 1.34. The van der Waals surface area contributed by atoms with E-state index in [2.05, 4.69) is 21.6 Å². The van der Waals surface area contributed by atoms with Gasteiger partial charge in [0.15, 0.2) is 0 Å². The van der Waals surface area contributed by atoms with Crippen LogP contribution in [0.5, 0.6) is 5.75 Å². The standard InChI is InChI=1S/C15H17N3O2/c19-15(9-13-5-6-17-18-13)16-10-11-3-4-14-12(8-11)2-1-7-20-14/h3-6,8H,1-2,7,9-10H2,(H,16,19)(H,17,18). The fourth-order valence-corrected chi connectivity index (χ4v) is 2.34. The number of carbonyl (C=O) groups is 1. The Hall–Kier alpha value is -2.30. The molecule has 2 N–H and O–H groups in total. The van der Waals surface area contributed by atoms with Crippen molar-refractivity contribution in [3.63, 3.8) is 0 Å². The number of hydrogen-bond donors (Lipinski definition) is 2. The van der Waals surface area contributed by atoms with E-state index in [0.29, 0.717) is 13.0 Å². The molecule has 3 rings (SSSR count). The molecule has 0 spiro atoms. The number of amides is 1. The van der Waals surface area contributed by atoms with Gasteiger partial charge in [-0.3, -0.25) is 9.89 Å². The summed E-state index contributed by atoms with van der Waals surface area (Å²) in [5.74, 6) is 0.965. The lowest BCUT2D eigenvalue weighted by Gasteiger charge is -2.18. The van der Waals surface area contributed by atoms with Crippen LogP contribution in [0.4, 0.5) is 0 Å². The van der Waals surface area contributed by atoms with Gasteiger partial charge in [-0.15, -0.1) is 0 Å². The first kappa shape index (κ1) is 12.7. The molecule has 1 aliphatic rings. The van der Waals surface area contributed by atoms with Crippen molar-refractivity contribution in [2.45, 2.75) is 25.8 Å². The largest absolute Gasteiger partial charge is 0.493 e. The van der Waals surface area contributed by atoms with Crippen molar-refractivity contribution in [2.24, 2.45) is 0 Å². The van der Waals surface area contributed by atoms with E-state index in [0.717, 1.165) is 36.5 Å². The highest BCUT2D eigenvalue weighted by atomic mass is 16.5. The molecular formula is C15H17N3O2. The molecule has 1 aromatic carbocycles. The van der Waals surface area contributed by atoms with Crippen LogP contribution in [0.25, 0.3) is 0 Å². The smallest absolute Gasteiger partial charge is 0.226 e. The molecule has 0 bridgehead atoms. The third kappa shape index (κ3) is 2.99. The second kappa shape index (κ2) is 5.77.